The summed E-state index contributed by atoms with van der Waals surface area (Å²) in [5, 5.41) is 9.53. The van der Waals surface area contributed by atoms with Crippen molar-refractivity contribution in [2.24, 2.45) is 0 Å². The van der Waals surface area contributed by atoms with E-state index < -0.39 is 0 Å². The Morgan fingerprint density at radius 1 is 1.44 bits per heavy atom. The van der Waals surface area contributed by atoms with Crippen LogP contribution in [-0.4, -0.2) is 35.1 Å². The van der Waals surface area contributed by atoms with Crippen LogP contribution in [0.5, 0.6) is 0 Å². The third-order valence-electron chi connectivity index (χ3n) is 3.51. The quantitative estimate of drug-likeness (QED) is 0.726. The molecule has 0 bridgehead atoms. The number of likely N-dealkylation sites (tertiary alicyclic amines) is 1. The SMILES string of the molecule is O=C(CC1=CCCCC1)N1CCC[C@H](O)C1. The smallest absolute Gasteiger partial charge is 0.226 e. The zero-order chi connectivity index (χ0) is 11.4. The van der Waals surface area contributed by atoms with E-state index in [-0.39, 0.29) is 12.0 Å². The van der Waals surface area contributed by atoms with Gasteiger partial charge in [-0.25, -0.2) is 0 Å². The normalized spacial score (nSPS) is 26.4. The van der Waals surface area contributed by atoms with E-state index in [2.05, 4.69) is 6.08 Å². The van der Waals surface area contributed by atoms with Gasteiger partial charge in [0.15, 0.2) is 0 Å². The molecule has 0 radical (unpaired) electrons. The van der Waals surface area contributed by atoms with E-state index in [4.69, 9.17) is 0 Å². The highest BCUT2D eigenvalue weighted by Crippen LogP contribution is 2.21. The lowest BCUT2D eigenvalue weighted by Crippen LogP contribution is -2.42. The van der Waals surface area contributed by atoms with E-state index in [1.54, 1.807) is 0 Å². The minimum absolute atomic E-state index is 0.201. The van der Waals surface area contributed by atoms with Crippen LogP contribution < -0.4 is 0 Å². The molecule has 1 aliphatic heterocycles. The number of aliphatic hydroxyl groups is 1. The number of β-amino-alcohol motifs (C(OH)–C–C–N with tert-alkyl or cyclic N) is 1. The Balaban J connectivity index is 1.84. The molecule has 2 rings (SSSR count). The van der Waals surface area contributed by atoms with Crippen molar-refractivity contribution in [3.05, 3.63) is 11.6 Å². The molecule has 0 aromatic heterocycles. The van der Waals surface area contributed by atoms with Crippen molar-refractivity contribution in [1.82, 2.24) is 4.90 Å². The van der Waals surface area contributed by atoms with Gasteiger partial charge in [-0.1, -0.05) is 11.6 Å². The first-order valence-corrected chi connectivity index (χ1v) is 6.39. The van der Waals surface area contributed by atoms with Crippen molar-refractivity contribution < 1.29 is 9.90 Å². The van der Waals surface area contributed by atoms with Crippen LogP contribution in [0.15, 0.2) is 11.6 Å². The van der Waals surface area contributed by atoms with E-state index in [9.17, 15) is 9.90 Å². The van der Waals surface area contributed by atoms with Crippen LogP contribution in [0.2, 0.25) is 0 Å². The molecule has 0 aromatic carbocycles. The Bertz CT molecular complexity index is 286. The van der Waals surface area contributed by atoms with Gasteiger partial charge in [-0.2, -0.15) is 0 Å². The summed E-state index contributed by atoms with van der Waals surface area (Å²) in [7, 11) is 0. The van der Waals surface area contributed by atoms with Crippen LogP contribution in [0, 0.1) is 0 Å². The van der Waals surface area contributed by atoms with Gasteiger partial charge >= 0.3 is 0 Å². The van der Waals surface area contributed by atoms with Crippen molar-refractivity contribution in [3.63, 3.8) is 0 Å². The van der Waals surface area contributed by atoms with Crippen LogP contribution in [0.3, 0.4) is 0 Å². The van der Waals surface area contributed by atoms with E-state index in [0.717, 1.165) is 32.2 Å². The van der Waals surface area contributed by atoms with Crippen molar-refractivity contribution in [2.45, 2.75) is 51.0 Å². The van der Waals surface area contributed by atoms with E-state index in [1.165, 1.54) is 18.4 Å². The maximum absolute atomic E-state index is 12.0. The van der Waals surface area contributed by atoms with Gasteiger partial charge in [0.05, 0.1) is 6.10 Å². The molecule has 0 spiro atoms. The van der Waals surface area contributed by atoms with Gasteiger partial charge in [0.2, 0.25) is 5.91 Å². The van der Waals surface area contributed by atoms with Gasteiger partial charge in [-0.05, 0) is 38.5 Å². The topological polar surface area (TPSA) is 40.5 Å². The third kappa shape index (κ3) is 3.08. The summed E-state index contributed by atoms with van der Waals surface area (Å²) in [5.74, 6) is 0.201. The van der Waals surface area contributed by atoms with E-state index in [1.807, 2.05) is 4.90 Å². The zero-order valence-corrected chi connectivity index (χ0v) is 9.82. The average Bonchev–Trinajstić information content (AvgIpc) is 2.30. The Hall–Kier alpha value is -0.830. The molecule has 90 valence electrons. The molecule has 1 atom stereocenters. The number of piperidine rings is 1. The molecule has 3 heteroatoms. The van der Waals surface area contributed by atoms with Crippen molar-refractivity contribution in [1.29, 1.82) is 0 Å². The van der Waals surface area contributed by atoms with Crippen molar-refractivity contribution in [3.8, 4) is 0 Å². The summed E-state index contributed by atoms with van der Waals surface area (Å²) in [6.07, 6.45) is 8.97. The van der Waals surface area contributed by atoms with Gasteiger partial charge in [0.25, 0.3) is 0 Å². The minimum atomic E-state index is -0.307. The zero-order valence-electron chi connectivity index (χ0n) is 9.82. The van der Waals surface area contributed by atoms with Gasteiger partial charge < -0.3 is 10.0 Å². The molecule has 1 amide bonds. The van der Waals surface area contributed by atoms with Crippen LogP contribution in [-0.2, 0) is 4.79 Å². The molecule has 1 fully saturated rings. The first kappa shape index (κ1) is 11.6. The Kier molecular flexibility index (Phi) is 3.99. The van der Waals surface area contributed by atoms with Gasteiger partial charge in [0.1, 0.15) is 0 Å². The number of carbonyl (C=O) groups is 1. The Morgan fingerprint density at radius 3 is 3.00 bits per heavy atom. The van der Waals surface area contributed by atoms with Gasteiger partial charge in [0, 0.05) is 19.5 Å². The first-order valence-electron chi connectivity index (χ1n) is 6.39. The number of carbonyl (C=O) groups excluding carboxylic acids is 1. The lowest BCUT2D eigenvalue weighted by atomic mass is 9.96. The van der Waals surface area contributed by atoms with Gasteiger partial charge in [-0.15, -0.1) is 0 Å². The fraction of sp³-hybridized carbons (Fsp3) is 0.769. The summed E-state index contributed by atoms with van der Waals surface area (Å²) < 4.78 is 0. The highest BCUT2D eigenvalue weighted by Gasteiger charge is 2.22. The number of aliphatic hydroxyl groups excluding tert-OH is 1. The predicted molar refractivity (Wildman–Crippen MR) is 63.0 cm³/mol. The Morgan fingerprint density at radius 2 is 2.31 bits per heavy atom. The number of nitrogens with zero attached hydrogens (tertiary/aromatic N) is 1. The molecular formula is C13H21NO2. The predicted octanol–water partition coefficient (Wildman–Crippen LogP) is 1.86. The molecular weight excluding hydrogens is 202 g/mol. The largest absolute Gasteiger partial charge is 0.391 e. The number of rotatable bonds is 2. The lowest BCUT2D eigenvalue weighted by molar-refractivity contribution is -0.133. The summed E-state index contributed by atoms with van der Waals surface area (Å²) >= 11 is 0. The highest BCUT2D eigenvalue weighted by molar-refractivity contribution is 5.78. The molecule has 2 aliphatic rings. The Labute approximate surface area is 97.1 Å². The third-order valence-corrected chi connectivity index (χ3v) is 3.51. The number of amides is 1. The molecule has 16 heavy (non-hydrogen) atoms. The number of hydrogen-bond acceptors (Lipinski definition) is 2. The molecule has 1 aliphatic carbocycles. The van der Waals surface area contributed by atoms with Crippen molar-refractivity contribution >= 4 is 5.91 Å². The summed E-state index contributed by atoms with van der Waals surface area (Å²) in [5.41, 5.74) is 1.30. The van der Waals surface area contributed by atoms with Crippen LogP contribution in [0.4, 0.5) is 0 Å². The summed E-state index contributed by atoms with van der Waals surface area (Å²) in [4.78, 5) is 13.8. The molecule has 1 N–H and O–H groups in total. The van der Waals surface area contributed by atoms with Crippen LogP contribution in [0.25, 0.3) is 0 Å². The van der Waals surface area contributed by atoms with Gasteiger partial charge in [-0.3, -0.25) is 4.79 Å². The monoisotopic (exact) mass is 223 g/mol. The van der Waals surface area contributed by atoms with Crippen LogP contribution in [0.1, 0.15) is 44.9 Å². The maximum Gasteiger partial charge on any atom is 0.226 e. The molecule has 1 heterocycles. The molecule has 0 aromatic rings. The minimum Gasteiger partial charge on any atom is -0.391 e. The molecule has 3 nitrogen and oxygen atoms in total. The highest BCUT2D eigenvalue weighted by atomic mass is 16.3. The molecule has 0 saturated carbocycles. The first-order chi connectivity index (χ1) is 7.75. The maximum atomic E-state index is 12.0. The number of hydrogen-bond donors (Lipinski definition) is 1. The van der Waals surface area contributed by atoms with E-state index >= 15 is 0 Å². The standard InChI is InChI=1S/C13H21NO2/c15-12-7-4-8-14(10-12)13(16)9-11-5-2-1-3-6-11/h5,12,15H,1-4,6-10H2/t12-/m0/s1. The second kappa shape index (κ2) is 5.48. The van der Waals surface area contributed by atoms with Crippen LogP contribution >= 0.6 is 0 Å². The second-order valence-electron chi connectivity index (χ2n) is 4.92. The second-order valence-corrected chi connectivity index (χ2v) is 4.92. The number of allylic oxidation sites excluding steroid dienone is 1. The fourth-order valence-corrected chi connectivity index (χ4v) is 2.55. The molecule has 1 saturated heterocycles. The average molecular weight is 223 g/mol. The lowest BCUT2D eigenvalue weighted by Gasteiger charge is -2.30. The molecule has 0 unspecified atom stereocenters. The fourth-order valence-electron chi connectivity index (χ4n) is 2.55. The van der Waals surface area contributed by atoms with Crippen molar-refractivity contribution in [2.75, 3.05) is 13.1 Å². The summed E-state index contributed by atoms with van der Waals surface area (Å²) in [6, 6.07) is 0. The summed E-state index contributed by atoms with van der Waals surface area (Å²) in [6.45, 7) is 1.36. The van der Waals surface area contributed by atoms with E-state index in [0.29, 0.717) is 13.0 Å².